The maximum absolute atomic E-state index is 12.6. The number of rotatable bonds is 8. The number of hydrogen-bond donors (Lipinski definition) is 2. The van der Waals surface area contributed by atoms with Crippen LogP contribution in [0.2, 0.25) is 0 Å². The van der Waals surface area contributed by atoms with Crippen LogP contribution in [-0.4, -0.2) is 57.0 Å². The second-order valence-electron chi connectivity index (χ2n) is 7.32. The molecule has 1 fully saturated rings. The highest BCUT2D eigenvalue weighted by molar-refractivity contribution is 7.89. The lowest BCUT2D eigenvalue weighted by Gasteiger charge is -2.25. The van der Waals surface area contributed by atoms with E-state index in [-0.39, 0.29) is 49.2 Å². The summed E-state index contributed by atoms with van der Waals surface area (Å²) in [7, 11) is -3.84. The van der Waals surface area contributed by atoms with Crippen molar-refractivity contribution in [2.24, 2.45) is 0 Å². The summed E-state index contributed by atoms with van der Waals surface area (Å²) in [5.74, 6) is -0.795. The molecule has 0 aromatic heterocycles. The molecule has 0 aliphatic carbocycles. The number of benzene rings is 2. The largest absolute Gasteiger partial charge is 0.411 e. The van der Waals surface area contributed by atoms with Crippen LogP contribution in [0.4, 0.5) is 13.2 Å². The molecule has 0 radical (unpaired) electrons. The van der Waals surface area contributed by atoms with Crippen molar-refractivity contribution < 1.29 is 35.9 Å². The first-order valence-corrected chi connectivity index (χ1v) is 11.4. The predicted molar refractivity (Wildman–Crippen MR) is 112 cm³/mol. The van der Waals surface area contributed by atoms with Crippen LogP contribution < -0.4 is 10.6 Å². The Labute approximate surface area is 188 Å². The summed E-state index contributed by atoms with van der Waals surface area (Å²) in [4.78, 5) is 23.8. The van der Waals surface area contributed by atoms with E-state index in [4.69, 9.17) is 0 Å². The molecular weight excluding hydrogens is 463 g/mol. The molecule has 2 aromatic carbocycles. The van der Waals surface area contributed by atoms with Crippen molar-refractivity contribution in [2.45, 2.75) is 24.2 Å². The van der Waals surface area contributed by atoms with E-state index < -0.39 is 28.7 Å². The molecule has 1 saturated heterocycles. The summed E-state index contributed by atoms with van der Waals surface area (Å²) in [6.07, 6.45) is -4.38. The van der Waals surface area contributed by atoms with Gasteiger partial charge in [-0.2, -0.15) is 17.5 Å². The van der Waals surface area contributed by atoms with E-state index in [1.165, 1.54) is 24.3 Å². The van der Waals surface area contributed by atoms with Crippen LogP contribution in [0.3, 0.4) is 0 Å². The average molecular weight is 485 g/mol. The molecule has 0 spiro atoms. The monoisotopic (exact) mass is 485 g/mol. The number of halogens is 3. The van der Waals surface area contributed by atoms with Crippen LogP contribution in [0.25, 0.3) is 0 Å². The maximum Gasteiger partial charge on any atom is 0.411 e. The van der Waals surface area contributed by atoms with Gasteiger partial charge in [0.2, 0.25) is 15.9 Å². The zero-order chi connectivity index (χ0) is 24.1. The van der Waals surface area contributed by atoms with Crippen LogP contribution >= 0.6 is 0 Å². The van der Waals surface area contributed by atoms with Gasteiger partial charge in [0.25, 0.3) is 5.91 Å². The van der Waals surface area contributed by atoms with E-state index in [0.717, 1.165) is 9.87 Å². The molecule has 0 saturated carbocycles. The Balaban J connectivity index is 1.53. The van der Waals surface area contributed by atoms with Crippen molar-refractivity contribution in [1.82, 2.24) is 14.9 Å². The Bertz CT molecular complexity index is 1090. The Hall–Kier alpha value is -2.96. The fraction of sp³-hybridized carbons (Fsp3) is 0.333. The predicted octanol–water partition coefficient (Wildman–Crippen LogP) is 1.82. The number of ether oxygens (including phenoxy) is 1. The summed E-state index contributed by atoms with van der Waals surface area (Å²) < 4.78 is 67.3. The second kappa shape index (κ2) is 10.3. The maximum atomic E-state index is 12.6. The van der Waals surface area contributed by atoms with Gasteiger partial charge in [-0.25, -0.2) is 8.42 Å². The van der Waals surface area contributed by atoms with Crippen LogP contribution in [0.1, 0.15) is 21.5 Å². The molecule has 12 heteroatoms. The summed E-state index contributed by atoms with van der Waals surface area (Å²) >= 11 is 0. The number of carbonyl (C=O) groups is 2. The molecule has 0 atom stereocenters. The Morgan fingerprint density at radius 1 is 1.06 bits per heavy atom. The number of amides is 2. The molecule has 0 unspecified atom stereocenters. The quantitative estimate of drug-likeness (QED) is 0.594. The SMILES string of the molecule is O=C1CN(S(=O)(=O)c2ccc(C(=O)NCc3ccc(COCC(F)(F)F)cc3)cc2)CCN1. The molecule has 3 rings (SSSR count). The highest BCUT2D eigenvalue weighted by Crippen LogP contribution is 2.18. The van der Waals surface area contributed by atoms with Gasteiger partial charge < -0.3 is 15.4 Å². The van der Waals surface area contributed by atoms with Gasteiger partial charge in [0.1, 0.15) is 6.61 Å². The molecule has 1 heterocycles. The van der Waals surface area contributed by atoms with E-state index in [9.17, 15) is 31.2 Å². The molecular formula is C21H22F3N3O5S. The fourth-order valence-corrected chi connectivity index (χ4v) is 4.47. The second-order valence-corrected chi connectivity index (χ2v) is 9.26. The van der Waals surface area contributed by atoms with Crippen molar-refractivity contribution >= 4 is 21.8 Å². The van der Waals surface area contributed by atoms with E-state index >= 15 is 0 Å². The van der Waals surface area contributed by atoms with Gasteiger partial charge in [0, 0.05) is 25.2 Å². The van der Waals surface area contributed by atoms with Gasteiger partial charge in [0.15, 0.2) is 0 Å². The van der Waals surface area contributed by atoms with Crippen LogP contribution in [0, 0.1) is 0 Å². The minimum Gasteiger partial charge on any atom is -0.367 e. The van der Waals surface area contributed by atoms with Gasteiger partial charge >= 0.3 is 6.18 Å². The van der Waals surface area contributed by atoms with E-state index in [1.807, 2.05) is 0 Å². The van der Waals surface area contributed by atoms with E-state index in [1.54, 1.807) is 24.3 Å². The van der Waals surface area contributed by atoms with Crippen LogP contribution in [0.5, 0.6) is 0 Å². The highest BCUT2D eigenvalue weighted by atomic mass is 32.2. The van der Waals surface area contributed by atoms with Crippen molar-refractivity contribution in [3.63, 3.8) is 0 Å². The number of nitrogens with one attached hydrogen (secondary N) is 2. The average Bonchev–Trinajstić information content (AvgIpc) is 2.77. The molecule has 0 bridgehead atoms. The van der Waals surface area contributed by atoms with Gasteiger partial charge in [0.05, 0.1) is 18.0 Å². The fourth-order valence-electron chi connectivity index (χ4n) is 3.07. The molecule has 33 heavy (non-hydrogen) atoms. The van der Waals surface area contributed by atoms with Crippen molar-refractivity contribution in [1.29, 1.82) is 0 Å². The zero-order valence-electron chi connectivity index (χ0n) is 17.4. The van der Waals surface area contributed by atoms with Crippen LogP contribution in [-0.2, 0) is 32.7 Å². The lowest BCUT2D eigenvalue weighted by Crippen LogP contribution is -2.49. The summed E-state index contributed by atoms with van der Waals surface area (Å²) in [6.45, 7) is -1.17. The van der Waals surface area contributed by atoms with Crippen molar-refractivity contribution in [3.05, 3.63) is 65.2 Å². The zero-order valence-corrected chi connectivity index (χ0v) is 18.2. The normalized spacial score (nSPS) is 15.2. The summed E-state index contributed by atoms with van der Waals surface area (Å²) in [5, 5.41) is 5.25. The third-order valence-electron chi connectivity index (χ3n) is 4.77. The topological polar surface area (TPSA) is 105 Å². The number of carbonyl (C=O) groups excluding carboxylic acids is 2. The highest BCUT2D eigenvalue weighted by Gasteiger charge is 2.29. The summed E-state index contributed by atoms with van der Waals surface area (Å²) in [5.41, 5.74) is 1.55. The molecule has 178 valence electrons. The van der Waals surface area contributed by atoms with Gasteiger partial charge in [-0.3, -0.25) is 9.59 Å². The molecule has 1 aliphatic rings. The molecule has 2 N–H and O–H groups in total. The molecule has 1 aliphatic heterocycles. The van der Waals surface area contributed by atoms with Gasteiger partial charge in [-0.05, 0) is 35.4 Å². The lowest BCUT2D eigenvalue weighted by molar-refractivity contribution is -0.176. The Morgan fingerprint density at radius 3 is 2.30 bits per heavy atom. The lowest BCUT2D eigenvalue weighted by atomic mass is 10.1. The van der Waals surface area contributed by atoms with Gasteiger partial charge in [-0.1, -0.05) is 24.3 Å². The molecule has 2 amide bonds. The number of hydrogen-bond acceptors (Lipinski definition) is 5. The number of sulfonamides is 1. The minimum absolute atomic E-state index is 0.0166. The van der Waals surface area contributed by atoms with Crippen molar-refractivity contribution in [3.8, 4) is 0 Å². The standard InChI is InChI=1S/C21H22F3N3O5S/c22-21(23,24)14-32-13-16-3-1-15(2-4-16)11-26-20(29)17-5-7-18(8-6-17)33(30,31)27-10-9-25-19(28)12-27/h1-8H,9-14H2,(H,25,28)(H,26,29). The van der Waals surface area contributed by atoms with Gasteiger partial charge in [-0.15, -0.1) is 0 Å². The van der Waals surface area contributed by atoms with Crippen molar-refractivity contribution in [2.75, 3.05) is 26.2 Å². The molecule has 8 nitrogen and oxygen atoms in total. The third kappa shape index (κ3) is 7.01. The van der Waals surface area contributed by atoms with Crippen LogP contribution in [0.15, 0.2) is 53.4 Å². The number of alkyl halides is 3. The first kappa shape index (κ1) is 24.7. The summed E-state index contributed by atoms with van der Waals surface area (Å²) in [6, 6.07) is 11.9. The van der Waals surface area contributed by atoms with E-state index in [2.05, 4.69) is 15.4 Å². The van der Waals surface area contributed by atoms with E-state index in [0.29, 0.717) is 5.56 Å². The number of nitrogens with zero attached hydrogens (tertiary/aromatic N) is 1. The third-order valence-corrected chi connectivity index (χ3v) is 6.63. The minimum atomic E-state index is -4.38. The first-order chi connectivity index (χ1) is 15.5. The Morgan fingerprint density at radius 2 is 1.70 bits per heavy atom. The first-order valence-electron chi connectivity index (χ1n) is 9.92. The smallest absolute Gasteiger partial charge is 0.367 e. The molecule has 2 aromatic rings. The number of piperazine rings is 1. The Kier molecular flexibility index (Phi) is 7.72.